The lowest BCUT2D eigenvalue weighted by molar-refractivity contribution is -0.140. The Labute approximate surface area is 115 Å². The van der Waals surface area contributed by atoms with Gasteiger partial charge in [0.15, 0.2) is 0 Å². The molecule has 6 heteroatoms. The maximum absolute atomic E-state index is 12.0. The van der Waals surface area contributed by atoms with E-state index in [0.29, 0.717) is 12.3 Å². The van der Waals surface area contributed by atoms with Gasteiger partial charge in [0.05, 0.1) is 17.9 Å². The molecule has 102 valence electrons. The first-order valence-corrected chi connectivity index (χ1v) is 7.39. The second-order valence-electron chi connectivity index (χ2n) is 5.44. The molecule has 2 N–H and O–H groups in total. The standard InChI is InChI=1S/C13H16N2O3S/c1-6-5-19-12(14-6)10(7-2-3-7)15-11(16)8-4-9(8)13(17)18/h5,7-10H,2-4H2,1H3,(H,15,16)(H,17,18)/t8-,9-,10-/m1/s1. The van der Waals surface area contributed by atoms with E-state index in [1.54, 1.807) is 11.3 Å². The Kier molecular flexibility index (Phi) is 3.05. The van der Waals surface area contributed by atoms with Gasteiger partial charge >= 0.3 is 5.97 Å². The zero-order valence-corrected chi connectivity index (χ0v) is 11.4. The molecule has 0 unspecified atom stereocenters. The second-order valence-corrected chi connectivity index (χ2v) is 6.33. The van der Waals surface area contributed by atoms with Gasteiger partial charge in [-0.05, 0) is 32.1 Å². The summed E-state index contributed by atoms with van der Waals surface area (Å²) >= 11 is 1.57. The third-order valence-electron chi connectivity index (χ3n) is 3.74. The van der Waals surface area contributed by atoms with Crippen molar-refractivity contribution in [2.24, 2.45) is 17.8 Å². The Morgan fingerprint density at radius 1 is 1.47 bits per heavy atom. The minimum atomic E-state index is -0.867. The molecule has 2 aliphatic rings. The highest BCUT2D eigenvalue weighted by Crippen LogP contribution is 2.44. The largest absolute Gasteiger partial charge is 0.481 e. The molecule has 2 fully saturated rings. The fourth-order valence-electron chi connectivity index (χ4n) is 2.34. The summed E-state index contributed by atoms with van der Waals surface area (Å²) in [6.45, 7) is 1.94. The smallest absolute Gasteiger partial charge is 0.307 e. The Hall–Kier alpha value is -1.43. The number of aliphatic carboxylic acids is 1. The zero-order chi connectivity index (χ0) is 13.6. The highest BCUT2D eigenvalue weighted by atomic mass is 32.1. The number of carbonyl (C=O) groups excluding carboxylic acids is 1. The SMILES string of the molecule is Cc1csc([C@H](NC(=O)[C@@H]2C[C@H]2C(=O)O)C2CC2)n1. The summed E-state index contributed by atoms with van der Waals surface area (Å²) in [5.74, 6) is -1.36. The number of aryl methyl sites for hydroxylation is 1. The fraction of sp³-hybridized carbons (Fsp3) is 0.615. The molecule has 19 heavy (non-hydrogen) atoms. The molecule has 0 spiro atoms. The van der Waals surface area contributed by atoms with Crippen molar-refractivity contribution in [2.75, 3.05) is 0 Å². The lowest BCUT2D eigenvalue weighted by atomic mass is 10.2. The van der Waals surface area contributed by atoms with Gasteiger partial charge in [0.2, 0.25) is 5.91 Å². The average Bonchev–Trinajstić information content (AvgIpc) is 3.23. The van der Waals surface area contributed by atoms with E-state index < -0.39 is 11.9 Å². The van der Waals surface area contributed by atoms with Crippen LogP contribution in [-0.4, -0.2) is 22.0 Å². The van der Waals surface area contributed by atoms with Crippen molar-refractivity contribution in [2.45, 2.75) is 32.2 Å². The number of carboxylic acids is 1. The molecule has 2 aliphatic carbocycles. The molecule has 0 bridgehead atoms. The number of aromatic nitrogens is 1. The number of hydrogen-bond acceptors (Lipinski definition) is 4. The van der Waals surface area contributed by atoms with Gasteiger partial charge in [0.1, 0.15) is 5.01 Å². The number of carbonyl (C=O) groups is 2. The molecule has 2 saturated carbocycles. The van der Waals surface area contributed by atoms with Crippen LogP contribution >= 0.6 is 11.3 Å². The van der Waals surface area contributed by atoms with Crippen LogP contribution in [0.15, 0.2) is 5.38 Å². The van der Waals surface area contributed by atoms with E-state index in [-0.39, 0.29) is 17.9 Å². The first-order valence-electron chi connectivity index (χ1n) is 6.51. The maximum atomic E-state index is 12.0. The fourth-order valence-corrected chi connectivity index (χ4v) is 3.28. The first-order chi connectivity index (χ1) is 9.06. The summed E-state index contributed by atoms with van der Waals surface area (Å²) < 4.78 is 0. The molecule has 0 radical (unpaired) electrons. The van der Waals surface area contributed by atoms with Gasteiger partial charge in [-0.3, -0.25) is 9.59 Å². The van der Waals surface area contributed by atoms with Crippen LogP contribution in [0.3, 0.4) is 0 Å². The Balaban J connectivity index is 1.66. The van der Waals surface area contributed by atoms with Crippen LogP contribution < -0.4 is 5.32 Å². The number of rotatable bonds is 5. The second kappa shape index (κ2) is 4.59. The van der Waals surface area contributed by atoms with Gasteiger partial charge in [0, 0.05) is 11.1 Å². The van der Waals surface area contributed by atoms with Crippen LogP contribution in [-0.2, 0) is 9.59 Å². The first kappa shape index (κ1) is 12.6. The molecule has 0 aromatic carbocycles. The lowest BCUT2D eigenvalue weighted by Gasteiger charge is -2.15. The number of nitrogens with one attached hydrogen (secondary N) is 1. The Morgan fingerprint density at radius 3 is 2.68 bits per heavy atom. The van der Waals surface area contributed by atoms with Gasteiger partial charge in [-0.25, -0.2) is 4.98 Å². The highest BCUT2D eigenvalue weighted by Gasteiger charge is 2.49. The summed E-state index contributed by atoms with van der Waals surface area (Å²) in [6, 6.07) is -0.0266. The zero-order valence-electron chi connectivity index (χ0n) is 10.6. The van der Waals surface area contributed by atoms with Crippen LogP contribution in [0.1, 0.15) is 36.0 Å². The van der Waals surface area contributed by atoms with Crippen LogP contribution in [0, 0.1) is 24.7 Å². The molecule has 0 aliphatic heterocycles. The average molecular weight is 280 g/mol. The molecule has 1 aromatic rings. The summed E-state index contributed by atoms with van der Waals surface area (Å²) in [5, 5.41) is 14.8. The number of carboxylic acid groups (broad SMARTS) is 1. The van der Waals surface area contributed by atoms with E-state index in [0.717, 1.165) is 23.5 Å². The van der Waals surface area contributed by atoms with Crippen LogP contribution in [0.4, 0.5) is 0 Å². The highest BCUT2D eigenvalue weighted by molar-refractivity contribution is 7.09. The van der Waals surface area contributed by atoms with E-state index in [4.69, 9.17) is 5.11 Å². The number of amides is 1. The molecule has 0 saturated heterocycles. The van der Waals surface area contributed by atoms with Gasteiger partial charge in [0.25, 0.3) is 0 Å². The molecule has 3 rings (SSSR count). The molecule has 1 amide bonds. The van der Waals surface area contributed by atoms with Crippen molar-refractivity contribution in [3.8, 4) is 0 Å². The molecule has 3 atom stereocenters. The number of hydrogen-bond donors (Lipinski definition) is 2. The summed E-state index contributed by atoms with van der Waals surface area (Å²) in [6.07, 6.45) is 2.68. The quantitative estimate of drug-likeness (QED) is 0.861. The van der Waals surface area contributed by atoms with E-state index in [1.165, 1.54) is 0 Å². The third-order valence-corrected chi connectivity index (χ3v) is 4.78. The Morgan fingerprint density at radius 2 is 2.21 bits per heavy atom. The van der Waals surface area contributed by atoms with Crippen LogP contribution in [0.5, 0.6) is 0 Å². The van der Waals surface area contributed by atoms with Gasteiger partial charge in [-0.15, -0.1) is 11.3 Å². The minimum absolute atomic E-state index is 0.0266. The molecule has 1 aromatic heterocycles. The van der Waals surface area contributed by atoms with E-state index in [1.807, 2.05) is 12.3 Å². The number of nitrogens with zero attached hydrogens (tertiary/aromatic N) is 1. The summed E-state index contributed by atoms with van der Waals surface area (Å²) in [4.78, 5) is 27.3. The van der Waals surface area contributed by atoms with Crippen molar-refractivity contribution in [3.05, 3.63) is 16.1 Å². The van der Waals surface area contributed by atoms with Crippen molar-refractivity contribution in [1.82, 2.24) is 10.3 Å². The molecular formula is C13H16N2O3S. The molecule has 1 heterocycles. The predicted molar refractivity (Wildman–Crippen MR) is 69.7 cm³/mol. The minimum Gasteiger partial charge on any atom is -0.481 e. The summed E-state index contributed by atoms with van der Waals surface area (Å²) in [7, 11) is 0. The van der Waals surface area contributed by atoms with Crippen LogP contribution in [0.2, 0.25) is 0 Å². The molecular weight excluding hydrogens is 264 g/mol. The topological polar surface area (TPSA) is 79.3 Å². The van der Waals surface area contributed by atoms with E-state index in [2.05, 4.69) is 10.3 Å². The molecule has 5 nitrogen and oxygen atoms in total. The van der Waals surface area contributed by atoms with Gasteiger partial charge in [-0.1, -0.05) is 0 Å². The number of thiazole rings is 1. The normalized spacial score (nSPS) is 26.8. The summed E-state index contributed by atoms with van der Waals surface area (Å²) in [5.41, 5.74) is 0.967. The van der Waals surface area contributed by atoms with E-state index >= 15 is 0 Å². The van der Waals surface area contributed by atoms with Crippen molar-refractivity contribution < 1.29 is 14.7 Å². The van der Waals surface area contributed by atoms with Crippen molar-refractivity contribution in [3.63, 3.8) is 0 Å². The van der Waals surface area contributed by atoms with Gasteiger partial charge < -0.3 is 10.4 Å². The van der Waals surface area contributed by atoms with Crippen molar-refractivity contribution >= 4 is 23.2 Å². The third kappa shape index (κ3) is 2.63. The van der Waals surface area contributed by atoms with Gasteiger partial charge in [-0.2, -0.15) is 0 Å². The maximum Gasteiger partial charge on any atom is 0.307 e. The lowest BCUT2D eigenvalue weighted by Crippen LogP contribution is -2.32. The monoisotopic (exact) mass is 280 g/mol. The van der Waals surface area contributed by atoms with E-state index in [9.17, 15) is 9.59 Å². The predicted octanol–water partition coefficient (Wildman–Crippen LogP) is 1.74. The van der Waals surface area contributed by atoms with Crippen LogP contribution in [0.25, 0.3) is 0 Å². The Bertz CT molecular complexity index is 524. The van der Waals surface area contributed by atoms with Crippen molar-refractivity contribution in [1.29, 1.82) is 0 Å².